The molecular weight excluding hydrogens is 280 g/mol. The fourth-order valence-corrected chi connectivity index (χ4v) is 0.915. The summed E-state index contributed by atoms with van der Waals surface area (Å²) in [5, 5.41) is 85.3. The molecule has 0 spiro atoms. The van der Waals surface area contributed by atoms with Crippen LogP contribution in [0.25, 0.3) is 0 Å². The Morgan fingerprint density at radius 3 is 0.750 bits per heavy atom. The summed E-state index contributed by atoms with van der Waals surface area (Å²) < 4.78 is 0. The highest BCUT2D eigenvalue weighted by Crippen LogP contribution is 2.04. The van der Waals surface area contributed by atoms with E-state index >= 15 is 0 Å². The van der Waals surface area contributed by atoms with Gasteiger partial charge in [-0.25, -0.2) is 0 Å². The van der Waals surface area contributed by atoms with Gasteiger partial charge in [-0.05, 0) is 0 Å². The largest absolute Gasteiger partial charge is 0.394 e. The van der Waals surface area contributed by atoms with Gasteiger partial charge in [0.25, 0.3) is 0 Å². The fourth-order valence-electron chi connectivity index (χ4n) is 0.915. The second-order valence-corrected chi connectivity index (χ2v) is 3.98. The normalized spacial score (nSPS) is 20.1. The van der Waals surface area contributed by atoms with Gasteiger partial charge < -0.3 is 51.1 Å². The molecule has 2 unspecified atom stereocenters. The predicted octanol–water partition coefficient (Wildman–Crippen LogP) is -5.89. The van der Waals surface area contributed by atoms with E-state index in [0.717, 1.165) is 0 Å². The summed E-state index contributed by atoms with van der Waals surface area (Å²) in [7, 11) is 0. The van der Waals surface area contributed by atoms with Crippen molar-refractivity contribution in [1.82, 2.24) is 0 Å². The van der Waals surface area contributed by atoms with Crippen molar-refractivity contribution in [3.05, 3.63) is 0 Å². The van der Waals surface area contributed by atoms with Crippen molar-refractivity contribution < 1.29 is 51.1 Å². The smallest absolute Gasteiger partial charge is 0.111 e. The first kappa shape index (κ1) is 21.9. The maximum atomic E-state index is 8.96. The second-order valence-electron chi connectivity index (χ2n) is 3.98. The van der Waals surface area contributed by atoms with E-state index < -0.39 is 63.1 Å². The molecule has 10 nitrogen and oxygen atoms in total. The molecule has 0 bridgehead atoms. The Hall–Kier alpha value is -0.400. The van der Waals surface area contributed by atoms with Crippen LogP contribution in [-0.4, -0.2) is 114 Å². The maximum absolute atomic E-state index is 8.96. The van der Waals surface area contributed by atoms with Gasteiger partial charge in [-0.3, -0.25) is 0 Å². The molecule has 10 N–H and O–H groups in total. The van der Waals surface area contributed by atoms with E-state index in [1.165, 1.54) is 0 Å². The summed E-state index contributed by atoms with van der Waals surface area (Å²) in [6.07, 6.45) is -8.84. The Labute approximate surface area is 115 Å². The monoisotopic (exact) mass is 304 g/mol. The highest BCUT2D eigenvalue weighted by molar-refractivity contribution is 4.79. The van der Waals surface area contributed by atoms with Crippen LogP contribution in [-0.2, 0) is 0 Å². The molecule has 0 saturated heterocycles. The molecule has 20 heavy (non-hydrogen) atoms. The molecule has 0 fully saturated rings. The van der Waals surface area contributed by atoms with Gasteiger partial charge in [0.15, 0.2) is 0 Å². The Morgan fingerprint density at radius 2 is 0.600 bits per heavy atom. The Kier molecular flexibility index (Phi) is 13.5. The molecule has 0 rings (SSSR count). The molecule has 6 atom stereocenters. The third kappa shape index (κ3) is 8.71. The number of rotatable bonds is 8. The first-order valence-electron chi connectivity index (χ1n) is 5.78. The lowest BCUT2D eigenvalue weighted by molar-refractivity contribution is -0.123. The summed E-state index contributed by atoms with van der Waals surface area (Å²) in [4.78, 5) is 0. The van der Waals surface area contributed by atoms with E-state index in [4.69, 9.17) is 51.1 Å². The lowest BCUT2D eigenvalue weighted by Crippen LogP contribution is -2.46. The maximum Gasteiger partial charge on any atom is 0.111 e. The van der Waals surface area contributed by atoms with Crippen molar-refractivity contribution in [2.75, 3.05) is 26.4 Å². The molecule has 0 aliphatic carbocycles. The van der Waals surface area contributed by atoms with Crippen LogP contribution in [0.3, 0.4) is 0 Å². The van der Waals surface area contributed by atoms with Crippen LogP contribution in [0.1, 0.15) is 0 Å². The number of hydrogen-bond acceptors (Lipinski definition) is 10. The Balaban J connectivity index is 0. The van der Waals surface area contributed by atoms with Crippen LogP contribution in [0.5, 0.6) is 0 Å². The van der Waals surface area contributed by atoms with Gasteiger partial charge in [0.1, 0.15) is 36.6 Å². The SMILES string of the molecule is OCC(O)C(O)CO.OC[C@H](O)[C@H](O)[C@@H](O)[C@@H](O)CO. The molecule has 0 radical (unpaired) electrons. The van der Waals surface area contributed by atoms with Gasteiger partial charge in [-0.15, -0.1) is 0 Å². The molecule has 0 aliphatic rings. The molecule has 0 aromatic rings. The van der Waals surface area contributed by atoms with E-state index in [0.29, 0.717) is 0 Å². The lowest BCUT2D eigenvalue weighted by atomic mass is 10.0. The van der Waals surface area contributed by atoms with E-state index in [1.54, 1.807) is 0 Å². The van der Waals surface area contributed by atoms with Crippen LogP contribution in [0.15, 0.2) is 0 Å². The first-order chi connectivity index (χ1) is 9.26. The van der Waals surface area contributed by atoms with Gasteiger partial charge in [0.2, 0.25) is 0 Å². The topological polar surface area (TPSA) is 202 Å². The van der Waals surface area contributed by atoms with E-state index in [-0.39, 0.29) is 0 Å². The molecule has 0 aliphatic heterocycles. The van der Waals surface area contributed by atoms with Crippen LogP contribution in [0.2, 0.25) is 0 Å². The standard InChI is InChI=1S/C6H14O6.C4H10O4/c7-1-3(9)5(11)6(12)4(10)2-8;5-1-3(7)4(8)2-6/h3-12H,1-2H2;3-8H,1-2H2/t3-,4-,5-,6-;/m0./s1. The van der Waals surface area contributed by atoms with Crippen LogP contribution < -0.4 is 0 Å². The minimum atomic E-state index is -1.67. The summed E-state index contributed by atoms with van der Waals surface area (Å²) in [6.45, 7) is -2.50. The molecule has 0 amide bonds. The summed E-state index contributed by atoms with van der Waals surface area (Å²) in [5.41, 5.74) is 0. The molecule has 10 heteroatoms. The Morgan fingerprint density at radius 1 is 0.400 bits per heavy atom. The van der Waals surface area contributed by atoms with Crippen LogP contribution >= 0.6 is 0 Å². The highest BCUT2D eigenvalue weighted by Gasteiger charge is 2.29. The zero-order chi connectivity index (χ0) is 16.3. The minimum Gasteiger partial charge on any atom is -0.394 e. The highest BCUT2D eigenvalue weighted by atomic mass is 16.4. The van der Waals surface area contributed by atoms with Crippen LogP contribution in [0, 0.1) is 0 Å². The summed E-state index contributed by atoms with van der Waals surface area (Å²) in [5.74, 6) is 0. The quantitative estimate of drug-likeness (QED) is 0.206. The van der Waals surface area contributed by atoms with Gasteiger partial charge in [0.05, 0.1) is 26.4 Å². The molecular formula is C10H24O10. The molecule has 124 valence electrons. The van der Waals surface area contributed by atoms with Crippen molar-refractivity contribution in [2.24, 2.45) is 0 Å². The zero-order valence-corrected chi connectivity index (χ0v) is 10.8. The third-order valence-corrected chi connectivity index (χ3v) is 2.33. The first-order valence-corrected chi connectivity index (χ1v) is 5.78. The number of hydrogen-bond donors (Lipinski definition) is 10. The van der Waals surface area contributed by atoms with Gasteiger partial charge >= 0.3 is 0 Å². The van der Waals surface area contributed by atoms with E-state index in [2.05, 4.69) is 0 Å². The average Bonchev–Trinajstić information content (AvgIpc) is 2.50. The fraction of sp³-hybridized carbons (Fsp3) is 1.00. The van der Waals surface area contributed by atoms with Crippen molar-refractivity contribution in [3.8, 4) is 0 Å². The summed E-state index contributed by atoms with van der Waals surface area (Å²) >= 11 is 0. The molecule has 0 aromatic carbocycles. The van der Waals surface area contributed by atoms with Crippen LogP contribution in [0.4, 0.5) is 0 Å². The van der Waals surface area contributed by atoms with E-state index in [9.17, 15) is 0 Å². The van der Waals surface area contributed by atoms with Gasteiger partial charge in [-0.1, -0.05) is 0 Å². The molecule has 0 saturated carbocycles. The predicted molar refractivity (Wildman–Crippen MR) is 64.4 cm³/mol. The van der Waals surface area contributed by atoms with E-state index in [1.807, 2.05) is 0 Å². The van der Waals surface area contributed by atoms with Gasteiger partial charge in [-0.2, -0.15) is 0 Å². The van der Waals surface area contributed by atoms with Crippen molar-refractivity contribution in [3.63, 3.8) is 0 Å². The van der Waals surface area contributed by atoms with Crippen molar-refractivity contribution in [1.29, 1.82) is 0 Å². The molecule has 0 heterocycles. The Bertz CT molecular complexity index is 194. The average molecular weight is 304 g/mol. The second kappa shape index (κ2) is 12.3. The summed E-state index contributed by atoms with van der Waals surface area (Å²) in [6, 6.07) is 0. The van der Waals surface area contributed by atoms with Crippen molar-refractivity contribution in [2.45, 2.75) is 36.6 Å². The van der Waals surface area contributed by atoms with Crippen molar-refractivity contribution >= 4 is 0 Å². The minimum absolute atomic E-state index is 0.526. The number of aliphatic hydroxyl groups excluding tert-OH is 10. The zero-order valence-electron chi connectivity index (χ0n) is 10.8. The third-order valence-electron chi connectivity index (χ3n) is 2.33. The molecule has 0 aromatic heterocycles. The number of aliphatic hydroxyl groups is 10. The van der Waals surface area contributed by atoms with Gasteiger partial charge in [0, 0.05) is 0 Å². The lowest BCUT2D eigenvalue weighted by Gasteiger charge is -2.24.